The lowest BCUT2D eigenvalue weighted by atomic mass is 10.1. The largest absolute Gasteiger partial charge is 0.481 e. The van der Waals surface area contributed by atoms with Crippen LogP contribution in [0.25, 0.3) is 0 Å². The van der Waals surface area contributed by atoms with E-state index in [1.54, 1.807) is 12.1 Å². The summed E-state index contributed by atoms with van der Waals surface area (Å²) in [7, 11) is 0. The number of rotatable bonds is 6. The summed E-state index contributed by atoms with van der Waals surface area (Å²) in [5.74, 6) is 0.550. The van der Waals surface area contributed by atoms with Crippen molar-refractivity contribution in [2.45, 2.75) is 39.7 Å². The van der Waals surface area contributed by atoms with Crippen LogP contribution in [-0.4, -0.2) is 12.0 Å². The number of hydrogen-bond acceptors (Lipinski definition) is 2. The van der Waals surface area contributed by atoms with Crippen LogP contribution >= 0.6 is 11.6 Å². The molecule has 0 unspecified atom stereocenters. The third kappa shape index (κ3) is 4.73. The van der Waals surface area contributed by atoms with E-state index >= 15 is 0 Å². The molecule has 3 nitrogen and oxygen atoms in total. The quantitative estimate of drug-likeness (QED) is 0.808. The number of hydrogen-bond donors (Lipinski definition) is 1. The standard InChI is InChI=1S/C19H22ClNO2/c1-4-14-6-9-16(10-7-14)23-18(5-2)19(22)21-17-11-8-15(20)12-13(17)3/h6-12,18H,4-5H2,1-3H3,(H,21,22)/t18-/m1/s1. The molecule has 0 aliphatic rings. The van der Waals surface area contributed by atoms with Crippen LogP contribution in [0.2, 0.25) is 5.02 Å². The molecule has 122 valence electrons. The molecule has 0 heterocycles. The molecule has 1 amide bonds. The molecule has 4 heteroatoms. The number of carbonyl (C=O) groups is 1. The highest BCUT2D eigenvalue weighted by atomic mass is 35.5. The third-order valence-corrected chi connectivity index (χ3v) is 3.95. The molecule has 0 aliphatic heterocycles. The maximum Gasteiger partial charge on any atom is 0.265 e. The van der Waals surface area contributed by atoms with Crippen molar-refractivity contribution in [1.82, 2.24) is 0 Å². The van der Waals surface area contributed by atoms with Crippen molar-refractivity contribution >= 4 is 23.2 Å². The third-order valence-electron chi connectivity index (χ3n) is 3.72. The Bertz CT molecular complexity index is 668. The van der Waals surface area contributed by atoms with Crippen molar-refractivity contribution in [2.75, 3.05) is 5.32 Å². The van der Waals surface area contributed by atoms with Crippen LogP contribution in [0.1, 0.15) is 31.4 Å². The van der Waals surface area contributed by atoms with Gasteiger partial charge in [0.2, 0.25) is 0 Å². The van der Waals surface area contributed by atoms with Crippen LogP contribution < -0.4 is 10.1 Å². The number of halogens is 1. The van der Waals surface area contributed by atoms with E-state index in [0.717, 1.165) is 17.7 Å². The Balaban J connectivity index is 2.05. The summed E-state index contributed by atoms with van der Waals surface area (Å²) < 4.78 is 5.82. The van der Waals surface area contributed by atoms with E-state index in [1.165, 1.54) is 5.56 Å². The zero-order valence-electron chi connectivity index (χ0n) is 13.7. The van der Waals surface area contributed by atoms with E-state index in [2.05, 4.69) is 12.2 Å². The molecule has 0 aliphatic carbocycles. The van der Waals surface area contributed by atoms with Gasteiger partial charge in [0, 0.05) is 10.7 Å². The fourth-order valence-corrected chi connectivity index (χ4v) is 2.50. The lowest BCUT2D eigenvalue weighted by Crippen LogP contribution is -2.32. The van der Waals surface area contributed by atoms with Gasteiger partial charge in [-0.25, -0.2) is 0 Å². The zero-order chi connectivity index (χ0) is 16.8. The lowest BCUT2D eigenvalue weighted by molar-refractivity contribution is -0.122. The number of nitrogens with one attached hydrogen (secondary N) is 1. The average Bonchev–Trinajstić information content (AvgIpc) is 2.55. The minimum Gasteiger partial charge on any atom is -0.481 e. The summed E-state index contributed by atoms with van der Waals surface area (Å²) in [5.41, 5.74) is 2.92. The Hall–Kier alpha value is -2.00. The predicted octanol–water partition coefficient (Wildman–Crippen LogP) is 5.01. The summed E-state index contributed by atoms with van der Waals surface area (Å²) >= 11 is 5.94. The molecule has 2 aromatic carbocycles. The van der Waals surface area contributed by atoms with Crippen LogP contribution in [0.15, 0.2) is 42.5 Å². The van der Waals surface area contributed by atoms with Gasteiger partial charge in [-0.15, -0.1) is 0 Å². The molecule has 0 saturated carbocycles. The molecule has 2 aromatic rings. The number of benzene rings is 2. The molecular weight excluding hydrogens is 310 g/mol. The van der Waals surface area contributed by atoms with Gasteiger partial charge in [0.1, 0.15) is 5.75 Å². The molecule has 1 N–H and O–H groups in total. The second kappa shape index (κ2) is 8.02. The number of anilines is 1. The minimum atomic E-state index is -0.530. The maximum atomic E-state index is 12.4. The first-order chi connectivity index (χ1) is 11.0. The highest BCUT2D eigenvalue weighted by Crippen LogP contribution is 2.21. The van der Waals surface area contributed by atoms with E-state index in [4.69, 9.17) is 16.3 Å². The molecule has 0 fully saturated rings. The Kier molecular flexibility index (Phi) is 6.05. The minimum absolute atomic E-state index is 0.155. The van der Waals surface area contributed by atoms with Gasteiger partial charge in [0.25, 0.3) is 5.91 Å². The monoisotopic (exact) mass is 331 g/mol. The highest BCUT2D eigenvalue weighted by molar-refractivity contribution is 6.30. The smallest absolute Gasteiger partial charge is 0.265 e. The Morgan fingerprint density at radius 3 is 2.43 bits per heavy atom. The Morgan fingerprint density at radius 1 is 1.17 bits per heavy atom. The SMILES string of the molecule is CCc1ccc(O[C@H](CC)C(=O)Nc2ccc(Cl)cc2C)cc1. The Morgan fingerprint density at radius 2 is 1.87 bits per heavy atom. The summed E-state index contributed by atoms with van der Waals surface area (Å²) in [5, 5.41) is 3.56. The van der Waals surface area contributed by atoms with Gasteiger partial charge in [0.05, 0.1) is 0 Å². The number of aryl methyl sites for hydroxylation is 2. The first-order valence-corrected chi connectivity index (χ1v) is 8.23. The molecule has 0 radical (unpaired) electrons. The van der Waals surface area contributed by atoms with Gasteiger partial charge < -0.3 is 10.1 Å². The summed E-state index contributed by atoms with van der Waals surface area (Å²) in [4.78, 5) is 12.4. The topological polar surface area (TPSA) is 38.3 Å². The van der Waals surface area contributed by atoms with Gasteiger partial charge in [0.15, 0.2) is 6.10 Å². The normalized spacial score (nSPS) is 11.8. The van der Waals surface area contributed by atoms with Crippen LogP contribution in [0, 0.1) is 6.92 Å². The van der Waals surface area contributed by atoms with E-state index < -0.39 is 6.10 Å². The summed E-state index contributed by atoms with van der Waals surface area (Å²) in [6.07, 6.45) is 1.04. The number of carbonyl (C=O) groups excluding carboxylic acids is 1. The van der Waals surface area contributed by atoms with E-state index in [9.17, 15) is 4.79 Å². The molecule has 0 bridgehead atoms. The number of ether oxygens (including phenoxy) is 1. The lowest BCUT2D eigenvalue weighted by Gasteiger charge is -2.18. The summed E-state index contributed by atoms with van der Waals surface area (Å²) in [6, 6.07) is 13.2. The van der Waals surface area contributed by atoms with Gasteiger partial charge in [-0.05, 0) is 61.2 Å². The molecule has 23 heavy (non-hydrogen) atoms. The molecule has 0 spiro atoms. The van der Waals surface area contributed by atoms with E-state index in [-0.39, 0.29) is 5.91 Å². The first-order valence-electron chi connectivity index (χ1n) is 7.86. The van der Waals surface area contributed by atoms with Crippen LogP contribution in [0.4, 0.5) is 5.69 Å². The van der Waals surface area contributed by atoms with Crippen molar-refractivity contribution in [2.24, 2.45) is 0 Å². The zero-order valence-corrected chi connectivity index (χ0v) is 14.5. The van der Waals surface area contributed by atoms with Crippen LogP contribution in [0.5, 0.6) is 5.75 Å². The van der Waals surface area contributed by atoms with Crippen LogP contribution in [0.3, 0.4) is 0 Å². The van der Waals surface area contributed by atoms with Crippen LogP contribution in [-0.2, 0) is 11.2 Å². The van der Waals surface area contributed by atoms with Crippen molar-refractivity contribution in [1.29, 1.82) is 0 Å². The summed E-state index contributed by atoms with van der Waals surface area (Å²) in [6.45, 7) is 5.94. The van der Waals surface area contributed by atoms with Crippen molar-refractivity contribution in [3.63, 3.8) is 0 Å². The fraction of sp³-hybridized carbons (Fsp3) is 0.316. The van der Waals surface area contributed by atoms with Gasteiger partial charge in [-0.1, -0.05) is 37.6 Å². The van der Waals surface area contributed by atoms with Gasteiger partial charge in [-0.3, -0.25) is 4.79 Å². The maximum absolute atomic E-state index is 12.4. The Labute approximate surface area is 142 Å². The molecule has 0 saturated heterocycles. The second-order valence-corrected chi connectivity index (χ2v) is 5.90. The second-order valence-electron chi connectivity index (χ2n) is 5.46. The van der Waals surface area contributed by atoms with Crippen molar-refractivity contribution < 1.29 is 9.53 Å². The fourth-order valence-electron chi connectivity index (χ4n) is 2.27. The molecule has 0 aromatic heterocycles. The van der Waals surface area contributed by atoms with Crippen molar-refractivity contribution in [3.8, 4) is 5.75 Å². The van der Waals surface area contributed by atoms with Crippen molar-refractivity contribution in [3.05, 3.63) is 58.6 Å². The molecule has 1 atom stereocenters. The molecular formula is C19H22ClNO2. The van der Waals surface area contributed by atoms with E-state index in [1.807, 2.05) is 44.2 Å². The average molecular weight is 332 g/mol. The number of amides is 1. The van der Waals surface area contributed by atoms with E-state index in [0.29, 0.717) is 17.2 Å². The highest BCUT2D eigenvalue weighted by Gasteiger charge is 2.19. The van der Waals surface area contributed by atoms with Gasteiger partial charge in [-0.2, -0.15) is 0 Å². The predicted molar refractivity (Wildman–Crippen MR) is 95.3 cm³/mol. The van der Waals surface area contributed by atoms with Gasteiger partial charge >= 0.3 is 0 Å². The molecule has 2 rings (SSSR count). The first kappa shape index (κ1) is 17.4.